The summed E-state index contributed by atoms with van der Waals surface area (Å²) < 4.78 is 202. The molecule has 6 aromatic carbocycles. The predicted molar refractivity (Wildman–Crippen MR) is 263 cm³/mol. The minimum Gasteiger partial charge on any atom is -0.494 e. The summed E-state index contributed by atoms with van der Waals surface area (Å²) in [6, 6.07) is 28.1. The van der Waals surface area contributed by atoms with E-state index < -0.39 is 69.1 Å². The molecule has 2 unspecified atom stereocenters. The molecule has 0 saturated heterocycles. The molecule has 0 fully saturated rings. The summed E-state index contributed by atoms with van der Waals surface area (Å²) in [6.07, 6.45) is -20.7. The predicted octanol–water partition coefficient (Wildman–Crippen LogP) is 15.6. The zero-order chi connectivity index (χ0) is 58.2. The van der Waals surface area contributed by atoms with Gasteiger partial charge in [-0.25, -0.2) is 0 Å². The minimum atomic E-state index is -5.89. The van der Waals surface area contributed by atoms with Gasteiger partial charge in [0.05, 0.1) is 28.9 Å². The molecule has 2 atom stereocenters. The van der Waals surface area contributed by atoms with E-state index in [1.807, 2.05) is 18.2 Å². The first kappa shape index (κ1) is 59.8. The molecule has 0 aliphatic rings. The first-order chi connectivity index (χ1) is 37.0. The van der Waals surface area contributed by atoms with Crippen LogP contribution < -0.4 is 24.7 Å². The molecule has 21 heteroatoms. The van der Waals surface area contributed by atoms with E-state index in [0.29, 0.717) is 87.1 Å². The number of alkyl halides is 12. The molecule has 9 nitrogen and oxygen atoms in total. The van der Waals surface area contributed by atoms with Crippen LogP contribution in [0.4, 0.5) is 52.7 Å². The third kappa shape index (κ3) is 12.5. The van der Waals surface area contributed by atoms with Crippen LogP contribution in [0.5, 0.6) is 28.7 Å². The Morgan fingerprint density at radius 1 is 0.405 bits per heavy atom. The Morgan fingerprint density at radius 3 is 1.18 bits per heavy atom. The second-order valence-electron chi connectivity index (χ2n) is 18.7. The molecular weight excluding hydrogens is 1060 g/mol. The fourth-order valence-corrected chi connectivity index (χ4v) is 9.07. The molecule has 0 amide bonds. The summed E-state index contributed by atoms with van der Waals surface area (Å²) in [7, 11) is 0. The van der Waals surface area contributed by atoms with Gasteiger partial charge in [-0.3, -0.25) is 5.73 Å². The number of nitrogens with two attached hydrogens (primary N) is 1. The lowest BCUT2D eigenvalue weighted by atomic mass is 9.73. The molecule has 2 N–H and O–H groups in total. The van der Waals surface area contributed by atoms with Gasteiger partial charge in [-0.05, 0) is 141 Å². The van der Waals surface area contributed by atoms with E-state index >= 15 is 0 Å². The number of hydrogen-bond acceptors (Lipinski definition) is 9. The summed E-state index contributed by atoms with van der Waals surface area (Å²) in [4.78, 5) is 0. The molecule has 0 saturated carbocycles. The van der Waals surface area contributed by atoms with Gasteiger partial charge in [0.25, 0.3) is 0 Å². The fourth-order valence-electron chi connectivity index (χ4n) is 9.07. The van der Waals surface area contributed by atoms with Crippen molar-refractivity contribution in [2.45, 2.75) is 106 Å². The van der Waals surface area contributed by atoms with E-state index in [-0.39, 0.29) is 63.2 Å². The van der Waals surface area contributed by atoms with Crippen molar-refractivity contribution in [2.24, 2.45) is 5.73 Å². The maximum absolute atomic E-state index is 15.0. The topological polar surface area (TPSA) is 158 Å². The summed E-state index contributed by atoms with van der Waals surface area (Å²) in [6.45, 7) is 4.90. The normalized spacial score (nSPS) is 13.8. The lowest BCUT2D eigenvalue weighted by Gasteiger charge is -2.38. The molecular formula is C58H47F12N5O4. The van der Waals surface area contributed by atoms with Crippen molar-refractivity contribution in [3.05, 3.63) is 184 Å². The van der Waals surface area contributed by atoms with Crippen LogP contribution in [0.2, 0.25) is 0 Å². The quantitative estimate of drug-likeness (QED) is 0.0446. The summed E-state index contributed by atoms with van der Waals surface area (Å²) >= 11 is 0. The largest absolute Gasteiger partial charge is 0.494 e. The molecule has 0 aliphatic carbocycles. The lowest BCUT2D eigenvalue weighted by molar-refractivity contribution is -0.290. The number of halogens is 12. The van der Waals surface area contributed by atoms with E-state index in [1.165, 1.54) is 43.3 Å². The average molecular weight is 1110 g/mol. The Labute approximate surface area is 446 Å². The summed E-state index contributed by atoms with van der Waals surface area (Å²) in [5, 5.41) is 37.0. The van der Waals surface area contributed by atoms with Crippen LogP contribution in [-0.2, 0) is 16.6 Å². The van der Waals surface area contributed by atoms with Crippen molar-refractivity contribution in [1.29, 1.82) is 21.0 Å². The second-order valence-corrected chi connectivity index (χ2v) is 18.7. The molecule has 0 aliphatic heterocycles. The lowest BCUT2D eigenvalue weighted by Crippen LogP contribution is -2.54. The Hall–Kier alpha value is -8.40. The van der Waals surface area contributed by atoms with Crippen molar-refractivity contribution in [3.63, 3.8) is 0 Å². The zero-order valence-corrected chi connectivity index (χ0v) is 42.2. The van der Waals surface area contributed by atoms with Crippen molar-refractivity contribution in [3.8, 4) is 53.0 Å². The van der Waals surface area contributed by atoms with E-state index in [0.717, 1.165) is 48.5 Å². The van der Waals surface area contributed by atoms with Crippen LogP contribution in [0.1, 0.15) is 109 Å². The van der Waals surface area contributed by atoms with Crippen molar-refractivity contribution < 1.29 is 71.6 Å². The molecule has 6 rings (SSSR count). The Kier molecular flexibility index (Phi) is 17.6. The molecule has 0 heterocycles. The van der Waals surface area contributed by atoms with Crippen molar-refractivity contribution >= 4 is 0 Å². The van der Waals surface area contributed by atoms with Crippen molar-refractivity contribution in [1.82, 2.24) is 0 Å². The SMILES string of the molecule is CCC(C)(CCCCCCOc1ccc(C(c2ccc(OC(C)(N)c3ccc(C#N)c(C#N)c3)cc2)(C(F)(F)F)C(F)(F)F)cc1)Oc1ccc(C(c2ccc(Oc3ccc(C#N)c(C#N)c3)cc2)(C(F)(F)F)C(F)(F)F)cc1. The number of nitriles is 4. The van der Waals surface area contributed by atoms with E-state index in [1.54, 1.807) is 19.9 Å². The Balaban J connectivity index is 1.06. The highest BCUT2D eigenvalue weighted by molar-refractivity contribution is 5.53. The smallest absolute Gasteiger partial charge is 0.411 e. The molecule has 0 radical (unpaired) electrons. The van der Waals surface area contributed by atoms with Gasteiger partial charge >= 0.3 is 24.7 Å². The zero-order valence-electron chi connectivity index (χ0n) is 42.2. The molecule has 0 aromatic heterocycles. The number of benzene rings is 6. The number of rotatable bonds is 20. The third-order valence-electron chi connectivity index (χ3n) is 13.5. The summed E-state index contributed by atoms with van der Waals surface area (Å²) in [5.41, 5.74) is -9.72. The summed E-state index contributed by atoms with van der Waals surface area (Å²) in [5.74, 6) is -0.317. The minimum absolute atomic E-state index is 0.00347. The number of ether oxygens (including phenoxy) is 4. The molecule has 6 aromatic rings. The Bertz CT molecular complexity index is 3230. The van der Waals surface area contributed by atoms with E-state index in [9.17, 15) is 68.5 Å². The standard InChI is InChI=1S/C58H47F12N5O4/c1-4-51(2,78-48-25-16-43(17-26-48)54(57(65,66)67,58(68,69)70)42-14-23-47(24-15-42)77-50-20-10-38(34-72)40(32-50)36-74)29-7-5-6-8-30-76-46-21-12-41(13-22-46)53(55(59,60)61,56(62,63)64)44-18-27-49(28-19-44)79-52(3,75)45-11-9-37(33-71)39(31-45)35-73/h9-28,31-32H,4-8,29-30,75H2,1-3H3. The van der Waals surface area contributed by atoms with Crippen LogP contribution in [0.3, 0.4) is 0 Å². The maximum atomic E-state index is 15.0. The van der Waals surface area contributed by atoms with Crippen molar-refractivity contribution in [2.75, 3.05) is 6.61 Å². The molecule has 79 heavy (non-hydrogen) atoms. The highest BCUT2D eigenvalue weighted by Gasteiger charge is 2.73. The molecule has 412 valence electrons. The van der Waals surface area contributed by atoms with E-state index in [2.05, 4.69) is 0 Å². The van der Waals surface area contributed by atoms with Gasteiger partial charge in [0, 0.05) is 5.56 Å². The van der Waals surface area contributed by atoms with Gasteiger partial charge in [0.2, 0.25) is 10.8 Å². The first-order valence-electron chi connectivity index (χ1n) is 24.1. The number of nitrogens with zero attached hydrogens (tertiary/aromatic N) is 4. The maximum Gasteiger partial charge on any atom is 0.411 e. The first-order valence-corrected chi connectivity index (χ1v) is 24.1. The number of hydrogen-bond donors (Lipinski definition) is 1. The molecule has 0 bridgehead atoms. The van der Waals surface area contributed by atoms with Crippen LogP contribution in [0.15, 0.2) is 133 Å². The van der Waals surface area contributed by atoms with Gasteiger partial charge < -0.3 is 18.9 Å². The van der Waals surface area contributed by atoms with Crippen LogP contribution in [0.25, 0.3) is 0 Å². The van der Waals surface area contributed by atoms with Gasteiger partial charge in [-0.2, -0.15) is 73.7 Å². The number of unbranched alkanes of at least 4 members (excludes halogenated alkanes) is 3. The molecule has 0 spiro atoms. The highest BCUT2D eigenvalue weighted by atomic mass is 19.4. The fraction of sp³-hybridized carbons (Fsp3) is 0.310. The van der Waals surface area contributed by atoms with Gasteiger partial charge in [0.1, 0.15) is 58.6 Å². The monoisotopic (exact) mass is 1110 g/mol. The highest BCUT2D eigenvalue weighted by Crippen LogP contribution is 2.58. The average Bonchev–Trinajstić information content (AvgIpc) is 2.66. The van der Waals surface area contributed by atoms with Crippen LogP contribution in [-0.4, -0.2) is 36.9 Å². The van der Waals surface area contributed by atoms with Gasteiger partial charge in [-0.15, -0.1) is 0 Å². The van der Waals surface area contributed by atoms with Gasteiger partial charge in [0.15, 0.2) is 5.72 Å². The van der Waals surface area contributed by atoms with Gasteiger partial charge in [-0.1, -0.05) is 74.4 Å². The van der Waals surface area contributed by atoms with Crippen LogP contribution >= 0.6 is 0 Å². The van der Waals surface area contributed by atoms with E-state index in [4.69, 9.17) is 29.9 Å². The second kappa shape index (κ2) is 23.3. The third-order valence-corrected chi connectivity index (χ3v) is 13.5. The van der Waals surface area contributed by atoms with Crippen LogP contribution in [0, 0.1) is 45.3 Å². The Morgan fingerprint density at radius 2 is 0.759 bits per heavy atom.